The topological polar surface area (TPSA) is 35.5 Å². The lowest BCUT2D eigenvalue weighted by Gasteiger charge is -2.16. The maximum atomic E-state index is 11.3. The van der Waals surface area contributed by atoms with Crippen LogP contribution in [-0.4, -0.2) is 28.5 Å². The molecule has 0 aromatic heterocycles. The van der Waals surface area contributed by atoms with Crippen molar-refractivity contribution in [1.82, 2.24) is 0 Å². The third-order valence-corrected chi connectivity index (χ3v) is 5.06. The van der Waals surface area contributed by atoms with Crippen LogP contribution in [0.15, 0.2) is 48.8 Å². The minimum Gasteiger partial charge on any atom is -0.494 e. The van der Waals surface area contributed by atoms with Crippen molar-refractivity contribution in [3.63, 3.8) is 0 Å². The first-order chi connectivity index (χ1) is 9.12. The highest BCUT2D eigenvalue weighted by Crippen LogP contribution is 2.17. The quantitative estimate of drug-likeness (QED) is 0.566. The Morgan fingerprint density at radius 2 is 1.89 bits per heavy atom. The molecular formula is C15H19O3Si. The number of esters is 1. The summed E-state index contributed by atoms with van der Waals surface area (Å²) in [4.78, 5) is 11.3. The van der Waals surface area contributed by atoms with Gasteiger partial charge in [-0.15, -0.1) is 13.2 Å². The van der Waals surface area contributed by atoms with E-state index in [2.05, 4.69) is 24.8 Å². The normalized spacial score (nSPS) is 11.7. The highest BCUT2D eigenvalue weighted by atomic mass is 28.3. The van der Waals surface area contributed by atoms with Gasteiger partial charge in [0.1, 0.15) is 14.5 Å². The number of hydrogen-bond acceptors (Lipinski definition) is 3. The maximum Gasteiger partial charge on any atom is 0.337 e. The van der Waals surface area contributed by atoms with E-state index in [-0.39, 0.29) is 5.97 Å². The monoisotopic (exact) mass is 275 g/mol. The number of methoxy groups -OCH3 is 1. The van der Waals surface area contributed by atoms with E-state index in [4.69, 9.17) is 4.74 Å². The highest BCUT2D eigenvalue weighted by molar-refractivity contribution is 6.70. The molecule has 4 heteroatoms. The van der Waals surface area contributed by atoms with Crippen LogP contribution in [-0.2, 0) is 4.74 Å². The highest BCUT2D eigenvalue weighted by Gasteiger charge is 2.13. The van der Waals surface area contributed by atoms with E-state index in [0.717, 1.165) is 5.75 Å². The van der Waals surface area contributed by atoms with E-state index in [1.165, 1.54) is 7.11 Å². The first kappa shape index (κ1) is 15.2. The van der Waals surface area contributed by atoms with E-state index in [9.17, 15) is 4.79 Å². The van der Waals surface area contributed by atoms with E-state index in [1.54, 1.807) is 24.3 Å². The zero-order valence-electron chi connectivity index (χ0n) is 11.4. The fraction of sp³-hybridized carbons (Fsp3) is 0.267. The summed E-state index contributed by atoms with van der Waals surface area (Å²) in [6, 6.07) is 6.93. The summed E-state index contributed by atoms with van der Waals surface area (Å²) >= 11 is 0. The lowest BCUT2D eigenvalue weighted by molar-refractivity contribution is 0.0600. The van der Waals surface area contributed by atoms with Crippen molar-refractivity contribution in [2.75, 3.05) is 13.7 Å². The number of carbonyl (C=O) groups is 1. The van der Waals surface area contributed by atoms with Gasteiger partial charge in [0.25, 0.3) is 0 Å². The SMILES string of the molecule is C=C[Si](C=C)C(C)COc1ccc(C(=O)OC)cc1. The predicted molar refractivity (Wildman–Crippen MR) is 78.8 cm³/mol. The van der Waals surface area contributed by atoms with Crippen LogP contribution in [0.4, 0.5) is 0 Å². The van der Waals surface area contributed by atoms with Gasteiger partial charge in [-0.05, 0) is 29.8 Å². The molecule has 1 atom stereocenters. The zero-order chi connectivity index (χ0) is 14.3. The average molecular weight is 275 g/mol. The van der Waals surface area contributed by atoms with Gasteiger partial charge in [0.05, 0.1) is 19.3 Å². The number of carbonyl (C=O) groups excluding carboxylic acids is 1. The Morgan fingerprint density at radius 1 is 1.32 bits per heavy atom. The lowest BCUT2D eigenvalue weighted by atomic mass is 10.2. The molecule has 0 amide bonds. The van der Waals surface area contributed by atoms with Crippen molar-refractivity contribution >= 4 is 14.8 Å². The minimum absolute atomic E-state index is 0.344. The molecule has 1 aromatic carbocycles. The van der Waals surface area contributed by atoms with Gasteiger partial charge >= 0.3 is 5.97 Å². The van der Waals surface area contributed by atoms with Crippen LogP contribution < -0.4 is 4.74 Å². The van der Waals surface area contributed by atoms with E-state index < -0.39 is 8.80 Å². The molecule has 0 N–H and O–H groups in total. The van der Waals surface area contributed by atoms with Crippen molar-refractivity contribution in [2.24, 2.45) is 0 Å². The maximum absolute atomic E-state index is 11.3. The predicted octanol–water partition coefficient (Wildman–Crippen LogP) is 3.19. The van der Waals surface area contributed by atoms with Crippen LogP contribution in [0.5, 0.6) is 5.75 Å². The molecule has 0 aliphatic carbocycles. The van der Waals surface area contributed by atoms with Gasteiger partial charge < -0.3 is 9.47 Å². The van der Waals surface area contributed by atoms with Gasteiger partial charge in [-0.3, -0.25) is 0 Å². The number of hydrogen-bond donors (Lipinski definition) is 0. The van der Waals surface area contributed by atoms with Crippen molar-refractivity contribution in [2.45, 2.75) is 12.5 Å². The fourth-order valence-corrected chi connectivity index (χ4v) is 2.86. The van der Waals surface area contributed by atoms with Crippen LogP contribution in [0.2, 0.25) is 5.54 Å². The summed E-state index contributed by atoms with van der Waals surface area (Å²) in [5, 5.41) is 0. The molecule has 0 aliphatic rings. The molecular weight excluding hydrogens is 256 g/mol. The van der Waals surface area contributed by atoms with Gasteiger partial charge in [-0.25, -0.2) is 4.79 Å². The largest absolute Gasteiger partial charge is 0.494 e. The lowest BCUT2D eigenvalue weighted by Crippen LogP contribution is -2.19. The molecule has 3 nitrogen and oxygen atoms in total. The summed E-state index contributed by atoms with van der Waals surface area (Å²) in [6.07, 6.45) is 0. The molecule has 1 radical (unpaired) electrons. The minimum atomic E-state index is -0.767. The van der Waals surface area contributed by atoms with Crippen LogP contribution in [0.3, 0.4) is 0 Å². The average Bonchev–Trinajstić information content (AvgIpc) is 2.46. The molecule has 1 aromatic rings. The molecule has 19 heavy (non-hydrogen) atoms. The number of rotatable bonds is 7. The zero-order valence-corrected chi connectivity index (χ0v) is 12.4. The van der Waals surface area contributed by atoms with E-state index >= 15 is 0 Å². The van der Waals surface area contributed by atoms with Crippen molar-refractivity contribution < 1.29 is 14.3 Å². The molecule has 0 aliphatic heterocycles. The summed E-state index contributed by atoms with van der Waals surface area (Å²) in [5.41, 5.74) is 4.85. The van der Waals surface area contributed by atoms with Crippen molar-refractivity contribution in [1.29, 1.82) is 0 Å². The van der Waals surface area contributed by atoms with Gasteiger partial charge in [0.2, 0.25) is 0 Å². The Bertz CT molecular complexity index is 431. The molecule has 101 valence electrons. The molecule has 0 saturated heterocycles. The molecule has 0 fully saturated rings. The van der Waals surface area contributed by atoms with Crippen LogP contribution in [0, 0.1) is 0 Å². The van der Waals surface area contributed by atoms with Crippen molar-refractivity contribution in [3.8, 4) is 5.75 Å². The molecule has 1 unspecified atom stereocenters. The smallest absolute Gasteiger partial charge is 0.337 e. The first-order valence-electron chi connectivity index (χ1n) is 6.05. The summed E-state index contributed by atoms with van der Waals surface area (Å²) in [5.74, 6) is 0.401. The van der Waals surface area contributed by atoms with Crippen molar-refractivity contribution in [3.05, 3.63) is 54.4 Å². The Hall–Kier alpha value is -1.81. The number of benzene rings is 1. The molecule has 1 rings (SSSR count). The van der Waals surface area contributed by atoms with Crippen LogP contribution in [0.25, 0.3) is 0 Å². The Labute approximate surface area is 116 Å². The van der Waals surface area contributed by atoms with Gasteiger partial charge in [0.15, 0.2) is 0 Å². The third kappa shape index (κ3) is 4.41. The van der Waals surface area contributed by atoms with Gasteiger partial charge in [-0.1, -0.05) is 18.3 Å². The van der Waals surface area contributed by atoms with Gasteiger partial charge in [0, 0.05) is 0 Å². The second-order valence-electron chi connectivity index (χ2n) is 4.14. The van der Waals surface area contributed by atoms with E-state index in [1.807, 2.05) is 11.4 Å². The molecule has 0 saturated carbocycles. The fourth-order valence-electron chi connectivity index (χ4n) is 1.61. The van der Waals surface area contributed by atoms with E-state index in [0.29, 0.717) is 17.7 Å². The Morgan fingerprint density at radius 3 is 2.37 bits per heavy atom. The summed E-state index contributed by atoms with van der Waals surface area (Å²) < 4.78 is 10.3. The molecule has 0 heterocycles. The summed E-state index contributed by atoms with van der Waals surface area (Å²) in [6.45, 7) is 10.4. The second kappa shape index (κ2) is 7.58. The summed E-state index contributed by atoms with van der Waals surface area (Å²) in [7, 11) is 0.597. The van der Waals surface area contributed by atoms with Gasteiger partial charge in [-0.2, -0.15) is 0 Å². The first-order valence-corrected chi connectivity index (χ1v) is 7.78. The van der Waals surface area contributed by atoms with Crippen LogP contribution in [0.1, 0.15) is 17.3 Å². The third-order valence-electron chi connectivity index (χ3n) is 2.82. The Kier molecular flexibility index (Phi) is 6.09. The number of ether oxygens (including phenoxy) is 2. The Balaban J connectivity index is 2.56. The van der Waals surface area contributed by atoms with Crippen LogP contribution >= 0.6 is 0 Å². The molecule has 0 bridgehead atoms. The standard InChI is InChI=1S/C15H19O3Si/c1-5-19(6-2)12(3)11-18-14-9-7-13(8-10-14)15(16)17-4/h5-10,12H,1-2,11H2,3-4H3. The molecule has 0 spiro atoms. The second-order valence-corrected chi connectivity index (χ2v) is 6.94.